The fourth-order valence-electron chi connectivity index (χ4n) is 1.62. The van der Waals surface area contributed by atoms with E-state index < -0.39 is 17.8 Å². The zero-order chi connectivity index (χ0) is 14.2. The molecule has 0 aliphatic carbocycles. The topological polar surface area (TPSA) is 86.9 Å². The Bertz CT molecular complexity index is 633. The molecule has 0 aliphatic rings. The number of amides is 1. The molecule has 0 fully saturated rings. The minimum Gasteiger partial charge on any atom is -0.397 e. The number of halogens is 3. The van der Waals surface area contributed by atoms with Crippen LogP contribution in [-0.2, 0) is 6.18 Å². The maximum atomic E-state index is 12.5. The second kappa shape index (κ2) is 4.30. The Kier molecular flexibility index (Phi) is 2.93. The number of nitrogen functional groups attached to an aromatic ring is 1. The van der Waals surface area contributed by atoms with Crippen molar-refractivity contribution in [2.75, 3.05) is 5.73 Å². The number of carbonyl (C=O) groups is 1. The Labute approximate surface area is 105 Å². The lowest BCUT2D eigenvalue weighted by molar-refractivity contribution is -0.141. The molecule has 100 valence electrons. The zero-order valence-electron chi connectivity index (χ0n) is 9.48. The number of primary amides is 1. The second-order valence-electron chi connectivity index (χ2n) is 3.75. The van der Waals surface area contributed by atoms with E-state index in [1.165, 1.54) is 18.2 Å². The number of para-hydroxylation sites is 1. The molecule has 1 heterocycles. The fraction of sp³-hybridized carbons (Fsp3) is 0.0909. The Morgan fingerprint density at radius 2 is 1.95 bits per heavy atom. The fourth-order valence-corrected chi connectivity index (χ4v) is 1.62. The highest BCUT2D eigenvalue weighted by molar-refractivity contribution is 5.98. The number of alkyl halides is 3. The third kappa shape index (κ3) is 2.37. The van der Waals surface area contributed by atoms with Crippen LogP contribution in [0, 0.1) is 0 Å². The van der Waals surface area contributed by atoms with Crippen LogP contribution in [0.4, 0.5) is 18.9 Å². The van der Waals surface area contributed by atoms with E-state index in [1.54, 1.807) is 0 Å². The highest BCUT2D eigenvalue weighted by atomic mass is 19.4. The van der Waals surface area contributed by atoms with Gasteiger partial charge in [-0.2, -0.15) is 18.3 Å². The van der Waals surface area contributed by atoms with Crippen molar-refractivity contribution in [3.63, 3.8) is 0 Å². The first-order valence-corrected chi connectivity index (χ1v) is 5.12. The molecule has 0 atom stereocenters. The molecule has 0 spiro atoms. The zero-order valence-corrected chi connectivity index (χ0v) is 9.48. The average Bonchev–Trinajstić information content (AvgIpc) is 2.77. The molecule has 1 aromatic heterocycles. The van der Waals surface area contributed by atoms with Crippen molar-refractivity contribution in [2.45, 2.75) is 6.18 Å². The molecule has 2 aromatic rings. The largest absolute Gasteiger partial charge is 0.435 e. The van der Waals surface area contributed by atoms with Gasteiger partial charge in [-0.25, -0.2) is 4.68 Å². The van der Waals surface area contributed by atoms with E-state index in [-0.39, 0.29) is 16.9 Å². The Balaban J connectivity index is 2.59. The first-order valence-electron chi connectivity index (χ1n) is 5.12. The van der Waals surface area contributed by atoms with Crippen molar-refractivity contribution in [2.24, 2.45) is 5.73 Å². The summed E-state index contributed by atoms with van der Waals surface area (Å²) in [4.78, 5) is 11.3. The number of carbonyl (C=O) groups excluding carboxylic acids is 1. The van der Waals surface area contributed by atoms with Gasteiger partial charge in [0.25, 0.3) is 5.91 Å². The molecule has 0 saturated heterocycles. The van der Waals surface area contributed by atoms with Crippen molar-refractivity contribution in [1.29, 1.82) is 0 Å². The van der Waals surface area contributed by atoms with Gasteiger partial charge in [0.05, 0.1) is 11.3 Å². The van der Waals surface area contributed by atoms with Crippen molar-refractivity contribution >= 4 is 11.6 Å². The first-order chi connectivity index (χ1) is 8.80. The Morgan fingerprint density at radius 1 is 1.26 bits per heavy atom. The highest BCUT2D eigenvalue weighted by Crippen LogP contribution is 2.29. The Morgan fingerprint density at radius 3 is 2.47 bits per heavy atom. The molecule has 5 nitrogen and oxygen atoms in total. The smallest absolute Gasteiger partial charge is 0.397 e. The summed E-state index contributed by atoms with van der Waals surface area (Å²) in [6, 6.07) is 5.07. The van der Waals surface area contributed by atoms with Gasteiger partial charge in [0.15, 0.2) is 5.69 Å². The minimum atomic E-state index is -4.57. The maximum Gasteiger partial charge on any atom is 0.435 e. The van der Waals surface area contributed by atoms with Crippen LogP contribution in [0.3, 0.4) is 0 Å². The van der Waals surface area contributed by atoms with Crippen molar-refractivity contribution < 1.29 is 18.0 Å². The van der Waals surface area contributed by atoms with Crippen LogP contribution < -0.4 is 11.5 Å². The van der Waals surface area contributed by atoms with Crippen LogP contribution in [0.25, 0.3) is 5.69 Å². The predicted octanol–water partition coefficient (Wildman–Crippen LogP) is 1.57. The third-order valence-corrected chi connectivity index (χ3v) is 2.44. The van der Waals surface area contributed by atoms with Gasteiger partial charge in [0.1, 0.15) is 5.69 Å². The van der Waals surface area contributed by atoms with E-state index in [4.69, 9.17) is 11.5 Å². The average molecular weight is 270 g/mol. The van der Waals surface area contributed by atoms with E-state index in [2.05, 4.69) is 5.10 Å². The standard InChI is InChI=1S/C11H9F3N4O/c12-11(13,14)8-4-5-18(17-8)9-6(10(16)19)2-1-3-7(9)15/h1-5H,15H2,(H2,16,19). The lowest BCUT2D eigenvalue weighted by Gasteiger charge is -2.10. The summed E-state index contributed by atoms with van der Waals surface area (Å²) in [5, 5.41) is 3.36. The summed E-state index contributed by atoms with van der Waals surface area (Å²) >= 11 is 0. The SMILES string of the molecule is NC(=O)c1cccc(N)c1-n1ccc(C(F)(F)F)n1. The number of rotatable bonds is 2. The quantitative estimate of drug-likeness (QED) is 0.812. The molecule has 2 rings (SSSR count). The first kappa shape index (κ1) is 12.9. The molecule has 1 amide bonds. The molecule has 0 radical (unpaired) electrons. The summed E-state index contributed by atoms with van der Waals surface area (Å²) in [7, 11) is 0. The van der Waals surface area contributed by atoms with Crippen LogP contribution in [0.5, 0.6) is 0 Å². The Hall–Kier alpha value is -2.51. The number of hydrogen-bond acceptors (Lipinski definition) is 3. The van der Waals surface area contributed by atoms with Gasteiger partial charge in [-0.1, -0.05) is 6.07 Å². The molecule has 0 aliphatic heterocycles. The number of hydrogen-bond donors (Lipinski definition) is 2. The molecule has 8 heteroatoms. The van der Waals surface area contributed by atoms with Crippen LogP contribution in [-0.4, -0.2) is 15.7 Å². The molecular weight excluding hydrogens is 261 g/mol. The van der Waals surface area contributed by atoms with E-state index in [0.29, 0.717) is 0 Å². The van der Waals surface area contributed by atoms with E-state index in [1.807, 2.05) is 0 Å². The van der Waals surface area contributed by atoms with Gasteiger partial charge in [0, 0.05) is 6.20 Å². The van der Waals surface area contributed by atoms with E-state index >= 15 is 0 Å². The van der Waals surface area contributed by atoms with E-state index in [9.17, 15) is 18.0 Å². The highest BCUT2D eigenvalue weighted by Gasteiger charge is 2.34. The van der Waals surface area contributed by atoms with E-state index in [0.717, 1.165) is 16.9 Å². The summed E-state index contributed by atoms with van der Waals surface area (Å²) in [6.45, 7) is 0. The number of nitrogens with zero attached hydrogens (tertiary/aromatic N) is 2. The molecule has 0 bridgehead atoms. The molecule has 1 aromatic carbocycles. The minimum absolute atomic E-state index is 0.00294. The van der Waals surface area contributed by atoms with Gasteiger partial charge in [-0.3, -0.25) is 4.79 Å². The third-order valence-electron chi connectivity index (χ3n) is 2.44. The summed E-state index contributed by atoms with van der Waals surface area (Å²) in [5.74, 6) is -0.800. The number of benzene rings is 1. The number of nitrogens with two attached hydrogens (primary N) is 2. The lowest BCUT2D eigenvalue weighted by atomic mass is 10.1. The number of aromatic nitrogens is 2. The van der Waals surface area contributed by atoms with Gasteiger partial charge in [-0.05, 0) is 18.2 Å². The van der Waals surface area contributed by atoms with Crippen LogP contribution in [0.2, 0.25) is 0 Å². The van der Waals surface area contributed by atoms with Crippen molar-refractivity contribution in [3.8, 4) is 5.69 Å². The molecule has 19 heavy (non-hydrogen) atoms. The van der Waals surface area contributed by atoms with Gasteiger partial charge >= 0.3 is 6.18 Å². The van der Waals surface area contributed by atoms with Crippen LogP contribution >= 0.6 is 0 Å². The monoisotopic (exact) mass is 270 g/mol. The van der Waals surface area contributed by atoms with Crippen molar-refractivity contribution in [3.05, 3.63) is 41.7 Å². The predicted molar refractivity (Wildman–Crippen MR) is 61.5 cm³/mol. The van der Waals surface area contributed by atoms with Crippen LogP contribution in [0.1, 0.15) is 16.1 Å². The van der Waals surface area contributed by atoms with Gasteiger partial charge in [-0.15, -0.1) is 0 Å². The maximum absolute atomic E-state index is 12.5. The number of anilines is 1. The summed E-state index contributed by atoms with van der Waals surface area (Å²) < 4.78 is 38.3. The second-order valence-corrected chi connectivity index (χ2v) is 3.75. The normalized spacial score (nSPS) is 11.5. The van der Waals surface area contributed by atoms with Crippen molar-refractivity contribution in [1.82, 2.24) is 9.78 Å². The molecule has 0 saturated carbocycles. The molecular formula is C11H9F3N4O. The van der Waals surface area contributed by atoms with Gasteiger partial charge in [0.2, 0.25) is 0 Å². The summed E-state index contributed by atoms with van der Waals surface area (Å²) in [5.41, 5.74) is 9.87. The lowest BCUT2D eigenvalue weighted by Crippen LogP contribution is -2.16. The molecule has 0 unspecified atom stereocenters. The van der Waals surface area contributed by atoms with Crippen LogP contribution in [0.15, 0.2) is 30.5 Å². The van der Waals surface area contributed by atoms with Gasteiger partial charge < -0.3 is 11.5 Å². The summed E-state index contributed by atoms with van der Waals surface area (Å²) in [6.07, 6.45) is -3.50. The molecule has 4 N–H and O–H groups in total.